The minimum atomic E-state index is 0.493. The molecule has 0 amide bonds. The molecule has 6 nitrogen and oxygen atoms in total. The van der Waals surface area contributed by atoms with E-state index in [1.54, 1.807) is 18.7 Å². The fraction of sp³-hybridized carbons (Fsp3) is 0.286. The molecule has 2 rings (SSSR count). The zero-order valence-corrected chi connectivity index (χ0v) is 12.6. The highest BCUT2D eigenvalue weighted by Gasteiger charge is 1.96. The van der Waals surface area contributed by atoms with Gasteiger partial charge >= 0.3 is 0 Å². The predicted octanol–water partition coefficient (Wildman–Crippen LogP) is 2.59. The van der Waals surface area contributed by atoms with Crippen LogP contribution in [-0.2, 0) is 4.74 Å². The van der Waals surface area contributed by atoms with Crippen molar-refractivity contribution in [1.82, 2.24) is 4.98 Å². The summed E-state index contributed by atoms with van der Waals surface area (Å²) in [6.45, 7) is 1.35. The van der Waals surface area contributed by atoms with Crippen LogP contribution in [0, 0.1) is 0 Å². The number of methoxy groups -OCH3 is 1. The summed E-state index contributed by atoms with van der Waals surface area (Å²) in [5, 5.41) is 6.53. The van der Waals surface area contributed by atoms with Crippen molar-refractivity contribution in [3.63, 3.8) is 0 Å². The molecule has 0 aliphatic rings. The summed E-state index contributed by atoms with van der Waals surface area (Å²) in [5.41, 5.74) is 9.32. The Balaban J connectivity index is 1.78. The van der Waals surface area contributed by atoms with Gasteiger partial charge in [0.1, 0.15) is 11.6 Å². The number of nitrogens with zero attached hydrogens (tertiary/aromatic N) is 2. The summed E-state index contributed by atoms with van der Waals surface area (Å²) in [6.07, 6.45) is 2.59. The predicted molar refractivity (Wildman–Crippen MR) is 86.2 cm³/mol. The molecule has 1 aromatic heterocycles. The van der Waals surface area contributed by atoms with Crippen LogP contribution in [0.5, 0.6) is 5.75 Å². The Labute approximate surface area is 127 Å². The molecule has 0 aliphatic carbocycles. The number of nitrogens with one attached hydrogen (secondary N) is 1. The molecule has 112 valence electrons. The Kier molecular flexibility index (Phi) is 5.99. The molecule has 1 aromatic carbocycles. The number of anilines is 2. The number of hydrogen-bond donors (Lipinski definition) is 2. The number of nitrogen functional groups attached to an aromatic ring is 1. The van der Waals surface area contributed by atoms with Crippen LogP contribution in [0.2, 0.25) is 0 Å². The summed E-state index contributed by atoms with van der Waals surface area (Å²) in [6, 6.07) is 7.70. The molecule has 0 bridgehead atoms. The Morgan fingerprint density at radius 3 is 2.81 bits per heavy atom. The molecule has 3 N–H and O–H groups in total. The highest BCUT2D eigenvalue weighted by Crippen LogP contribution is 2.16. The molecule has 0 aliphatic heterocycles. The number of hydrogen-bond acceptors (Lipinski definition) is 7. The maximum absolute atomic E-state index is 5.58. The van der Waals surface area contributed by atoms with Crippen molar-refractivity contribution in [2.75, 3.05) is 31.5 Å². The second-order valence-electron chi connectivity index (χ2n) is 4.21. The van der Waals surface area contributed by atoms with Gasteiger partial charge in [-0.2, -0.15) is 5.10 Å². The van der Waals surface area contributed by atoms with Crippen LogP contribution < -0.4 is 15.9 Å². The SMILES string of the molecule is COCCCOc1ccc(C=NNc2nc(N)cs2)cc1. The van der Waals surface area contributed by atoms with Crippen molar-refractivity contribution in [3.05, 3.63) is 35.2 Å². The fourth-order valence-corrected chi connectivity index (χ4v) is 2.09. The lowest BCUT2D eigenvalue weighted by molar-refractivity contribution is 0.172. The van der Waals surface area contributed by atoms with E-state index in [1.165, 1.54) is 11.3 Å². The minimum absolute atomic E-state index is 0.493. The summed E-state index contributed by atoms with van der Waals surface area (Å²) in [5.74, 6) is 1.33. The average molecular weight is 306 g/mol. The zero-order valence-electron chi connectivity index (χ0n) is 11.8. The maximum Gasteiger partial charge on any atom is 0.205 e. The van der Waals surface area contributed by atoms with Gasteiger partial charge in [0.2, 0.25) is 5.13 Å². The average Bonchev–Trinajstić information content (AvgIpc) is 2.91. The van der Waals surface area contributed by atoms with E-state index in [9.17, 15) is 0 Å². The number of ether oxygens (including phenoxy) is 2. The highest BCUT2D eigenvalue weighted by molar-refractivity contribution is 7.14. The Hall–Kier alpha value is -2.12. The van der Waals surface area contributed by atoms with E-state index in [4.69, 9.17) is 15.2 Å². The third-order valence-corrected chi connectivity index (χ3v) is 3.30. The molecule has 0 fully saturated rings. The van der Waals surface area contributed by atoms with Gasteiger partial charge in [-0.15, -0.1) is 11.3 Å². The Morgan fingerprint density at radius 2 is 2.14 bits per heavy atom. The lowest BCUT2D eigenvalue weighted by atomic mass is 10.2. The van der Waals surface area contributed by atoms with E-state index in [0.717, 1.165) is 17.7 Å². The number of nitrogens with two attached hydrogens (primary N) is 1. The summed E-state index contributed by atoms with van der Waals surface area (Å²) < 4.78 is 10.5. The van der Waals surface area contributed by atoms with Crippen LogP contribution in [0.3, 0.4) is 0 Å². The van der Waals surface area contributed by atoms with Crippen molar-refractivity contribution in [1.29, 1.82) is 0 Å². The second-order valence-corrected chi connectivity index (χ2v) is 5.07. The smallest absolute Gasteiger partial charge is 0.205 e. The third-order valence-electron chi connectivity index (χ3n) is 2.54. The lowest BCUT2D eigenvalue weighted by Crippen LogP contribution is -2.01. The molecule has 7 heteroatoms. The minimum Gasteiger partial charge on any atom is -0.494 e. The molecule has 0 atom stereocenters. The molecule has 1 heterocycles. The van der Waals surface area contributed by atoms with Crippen LogP contribution in [0.25, 0.3) is 0 Å². The van der Waals surface area contributed by atoms with Crippen LogP contribution >= 0.6 is 11.3 Å². The Bertz CT molecular complexity index is 569. The van der Waals surface area contributed by atoms with Gasteiger partial charge in [0.05, 0.1) is 12.8 Å². The number of rotatable bonds is 8. The number of hydrazone groups is 1. The molecular formula is C14H18N4O2S. The fourth-order valence-electron chi connectivity index (χ4n) is 1.54. The first kappa shape index (κ1) is 15.3. The second kappa shape index (κ2) is 8.23. The first-order valence-corrected chi connectivity index (χ1v) is 7.38. The van der Waals surface area contributed by atoms with E-state index >= 15 is 0 Å². The van der Waals surface area contributed by atoms with Gasteiger partial charge in [0.25, 0.3) is 0 Å². The van der Waals surface area contributed by atoms with Gasteiger partial charge in [0, 0.05) is 25.5 Å². The molecule has 2 aromatic rings. The molecular weight excluding hydrogens is 288 g/mol. The zero-order chi connectivity index (χ0) is 14.9. The number of benzene rings is 1. The van der Waals surface area contributed by atoms with Gasteiger partial charge in [-0.25, -0.2) is 4.98 Å². The first-order chi connectivity index (χ1) is 10.3. The van der Waals surface area contributed by atoms with Crippen molar-refractivity contribution in [2.24, 2.45) is 5.10 Å². The molecule has 0 radical (unpaired) electrons. The Morgan fingerprint density at radius 1 is 1.33 bits per heavy atom. The molecule has 0 spiro atoms. The van der Waals surface area contributed by atoms with Crippen LogP contribution in [0.1, 0.15) is 12.0 Å². The summed E-state index contributed by atoms with van der Waals surface area (Å²) >= 11 is 1.41. The monoisotopic (exact) mass is 306 g/mol. The van der Waals surface area contributed by atoms with E-state index in [0.29, 0.717) is 24.2 Å². The van der Waals surface area contributed by atoms with Crippen LogP contribution in [-0.4, -0.2) is 31.5 Å². The van der Waals surface area contributed by atoms with Crippen molar-refractivity contribution < 1.29 is 9.47 Å². The van der Waals surface area contributed by atoms with Crippen LogP contribution in [0.15, 0.2) is 34.7 Å². The van der Waals surface area contributed by atoms with Crippen molar-refractivity contribution in [3.8, 4) is 5.75 Å². The van der Waals surface area contributed by atoms with E-state index in [1.807, 2.05) is 24.3 Å². The standard InChI is InChI=1S/C14H18N4O2S/c1-19-7-2-8-20-12-5-3-11(4-6-12)9-16-18-14-17-13(15)10-21-14/h3-6,9-10H,2,7-8,15H2,1H3,(H,17,18). The quantitative estimate of drug-likeness (QED) is 0.445. The number of thiazole rings is 1. The highest BCUT2D eigenvalue weighted by atomic mass is 32.1. The molecule has 0 unspecified atom stereocenters. The summed E-state index contributed by atoms with van der Waals surface area (Å²) in [4.78, 5) is 4.05. The first-order valence-electron chi connectivity index (χ1n) is 6.50. The van der Waals surface area contributed by atoms with E-state index in [2.05, 4.69) is 15.5 Å². The molecule has 0 saturated carbocycles. The van der Waals surface area contributed by atoms with Gasteiger partial charge in [-0.05, 0) is 29.8 Å². The molecule has 0 saturated heterocycles. The lowest BCUT2D eigenvalue weighted by Gasteiger charge is -2.05. The van der Waals surface area contributed by atoms with Gasteiger partial charge in [-0.1, -0.05) is 0 Å². The largest absolute Gasteiger partial charge is 0.494 e. The van der Waals surface area contributed by atoms with Gasteiger partial charge in [0.15, 0.2) is 0 Å². The van der Waals surface area contributed by atoms with Crippen LogP contribution in [0.4, 0.5) is 10.9 Å². The van der Waals surface area contributed by atoms with E-state index < -0.39 is 0 Å². The topological polar surface area (TPSA) is 81.8 Å². The molecule has 21 heavy (non-hydrogen) atoms. The number of aromatic nitrogens is 1. The van der Waals surface area contributed by atoms with Gasteiger partial charge < -0.3 is 15.2 Å². The maximum atomic E-state index is 5.58. The van der Waals surface area contributed by atoms with Crippen molar-refractivity contribution in [2.45, 2.75) is 6.42 Å². The van der Waals surface area contributed by atoms with Gasteiger partial charge in [-0.3, -0.25) is 5.43 Å². The third kappa shape index (κ3) is 5.41. The van der Waals surface area contributed by atoms with E-state index in [-0.39, 0.29) is 0 Å². The normalized spacial score (nSPS) is 10.9. The summed E-state index contributed by atoms with van der Waals surface area (Å²) in [7, 11) is 1.68. The van der Waals surface area contributed by atoms with Crippen molar-refractivity contribution >= 4 is 28.5 Å².